The van der Waals surface area contributed by atoms with Crippen molar-refractivity contribution in [1.82, 2.24) is 0 Å². The maximum Gasteiger partial charge on any atom is 0.280 e. The highest BCUT2D eigenvalue weighted by Crippen LogP contribution is 2.36. The molecule has 2 saturated heterocycles. The van der Waals surface area contributed by atoms with E-state index in [1.165, 1.54) is 5.57 Å². The molecule has 0 radical (unpaired) electrons. The number of ether oxygens (including phenoxy) is 3. The molecular formula is C14H24O3. The molecule has 17 heavy (non-hydrogen) atoms. The Kier molecular flexibility index (Phi) is 3.15. The Morgan fingerprint density at radius 2 is 1.71 bits per heavy atom. The van der Waals surface area contributed by atoms with Gasteiger partial charge < -0.3 is 14.2 Å². The molecule has 2 heterocycles. The molecule has 0 aromatic rings. The highest BCUT2D eigenvalue weighted by Gasteiger charge is 2.35. The first-order valence-electron chi connectivity index (χ1n) is 6.37. The molecule has 0 N–H and O–H groups in total. The molecule has 3 nitrogen and oxygen atoms in total. The molecule has 98 valence electrons. The number of hydrogen-bond acceptors (Lipinski definition) is 3. The van der Waals surface area contributed by atoms with Crippen LogP contribution in [0.1, 0.15) is 41.0 Å². The van der Waals surface area contributed by atoms with Gasteiger partial charge in [-0.15, -0.1) is 0 Å². The number of rotatable bonds is 0. The molecule has 0 aliphatic carbocycles. The van der Waals surface area contributed by atoms with Gasteiger partial charge in [0.1, 0.15) is 0 Å². The fourth-order valence-corrected chi connectivity index (χ4v) is 2.05. The van der Waals surface area contributed by atoms with E-state index in [-0.39, 0.29) is 16.9 Å². The first-order valence-corrected chi connectivity index (χ1v) is 6.37. The Labute approximate surface area is 104 Å². The summed E-state index contributed by atoms with van der Waals surface area (Å²) >= 11 is 0. The minimum absolute atomic E-state index is 0.118. The number of hydrogen-bond donors (Lipinski definition) is 0. The summed E-state index contributed by atoms with van der Waals surface area (Å²) in [4.78, 5) is 0. The summed E-state index contributed by atoms with van der Waals surface area (Å²) in [5.74, 6) is 0.719. The van der Waals surface area contributed by atoms with Crippen LogP contribution in [-0.2, 0) is 14.2 Å². The van der Waals surface area contributed by atoms with E-state index in [0.29, 0.717) is 6.61 Å². The summed E-state index contributed by atoms with van der Waals surface area (Å²) in [6.45, 7) is 13.0. The Bertz CT molecular complexity index is 311. The van der Waals surface area contributed by atoms with Gasteiger partial charge in [-0.1, -0.05) is 34.6 Å². The second-order valence-electron chi connectivity index (χ2n) is 7.00. The highest BCUT2D eigenvalue weighted by molar-refractivity contribution is 5.12. The van der Waals surface area contributed by atoms with E-state index in [4.69, 9.17) is 14.2 Å². The normalized spacial score (nSPS) is 28.9. The largest absolute Gasteiger partial charge is 0.465 e. The third-order valence-corrected chi connectivity index (χ3v) is 3.33. The van der Waals surface area contributed by atoms with Gasteiger partial charge in [0, 0.05) is 17.4 Å². The average Bonchev–Trinajstić information content (AvgIpc) is 2.66. The molecule has 2 aliphatic rings. The van der Waals surface area contributed by atoms with Crippen molar-refractivity contribution in [3.8, 4) is 0 Å². The Morgan fingerprint density at radius 3 is 2.18 bits per heavy atom. The fraction of sp³-hybridized carbons (Fsp3) is 0.857. The van der Waals surface area contributed by atoms with Gasteiger partial charge in [-0.3, -0.25) is 0 Å². The lowest BCUT2D eigenvalue weighted by molar-refractivity contribution is -0.0878. The average molecular weight is 240 g/mol. The van der Waals surface area contributed by atoms with Gasteiger partial charge >= 0.3 is 0 Å². The zero-order valence-corrected chi connectivity index (χ0v) is 11.6. The Balaban J connectivity index is 2.01. The highest BCUT2D eigenvalue weighted by atomic mass is 16.7. The molecule has 0 aromatic carbocycles. The van der Waals surface area contributed by atoms with Crippen LogP contribution in [0, 0.1) is 10.8 Å². The monoisotopic (exact) mass is 240 g/mol. The second-order valence-corrected chi connectivity index (χ2v) is 7.00. The van der Waals surface area contributed by atoms with Crippen LogP contribution in [0.15, 0.2) is 11.5 Å². The van der Waals surface area contributed by atoms with Crippen LogP contribution in [0.4, 0.5) is 0 Å². The van der Waals surface area contributed by atoms with Crippen molar-refractivity contribution in [2.24, 2.45) is 10.8 Å². The van der Waals surface area contributed by atoms with Crippen LogP contribution in [0.5, 0.6) is 0 Å². The lowest BCUT2D eigenvalue weighted by Crippen LogP contribution is -2.31. The summed E-state index contributed by atoms with van der Waals surface area (Å²) in [5, 5.41) is 0. The molecule has 2 fully saturated rings. The third-order valence-electron chi connectivity index (χ3n) is 3.33. The van der Waals surface area contributed by atoms with Crippen LogP contribution >= 0.6 is 0 Å². The van der Waals surface area contributed by atoms with Crippen LogP contribution in [0.2, 0.25) is 0 Å². The maximum absolute atomic E-state index is 5.82. The smallest absolute Gasteiger partial charge is 0.280 e. The van der Waals surface area contributed by atoms with Crippen molar-refractivity contribution in [3.63, 3.8) is 0 Å². The van der Waals surface area contributed by atoms with Gasteiger partial charge in [-0.25, -0.2) is 0 Å². The van der Waals surface area contributed by atoms with E-state index in [1.807, 2.05) is 0 Å². The summed E-state index contributed by atoms with van der Waals surface area (Å²) in [5.41, 5.74) is 1.48. The molecule has 1 unspecified atom stereocenters. The van der Waals surface area contributed by atoms with E-state index in [2.05, 4.69) is 34.6 Å². The maximum atomic E-state index is 5.82. The molecule has 0 aromatic heterocycles. The second kappa shape index (κ2) is 4.20. The van der Waals surface area contributed by atoms with Crippen molar-refractivity contribution in [2.75, 3.05) is 19.8 Å². The van der Waals surface area contributed by atoms with Crippen molar-refractivity contribution >= 4 is 0 Å². The van der Waals surface area contributed by atoms with Crippen LogP contribution in [0.3, 0.4) is 0 Å². The van der Waals surface area contributed by atoms with Gasteiger partial charge in [-0.05, 0) is 5.41 Å². The summed E-state index contributed by atoms with van der Waals surface area (Å²) in [7, 11) is 0. The van der Waals surface area contributed by atoms with Crippen molar-refractivity contribution in [2.45, 2.75) is 47.1 Å². The Morgan fingerprint density at radius 1 is 1.12 bits per heavy atom. The summed E-state index contributed by atoms with van der Waals surface area (Å²) in [6.07, 6.45) is 1.20. The molecule has 3 heteroatoms. The zero-order chi connectivity index (χ0) is 12.7. The standard InChI is InChI=1S/C14H24O3/c1-13(2,3)11-6-10(7-15-11)12-16-8-14(4,5)9-17-12/h11H,6-9H2,1-5H3. The summed E-state index contributed by atoms with van der Waals surface area (Å²) < 4.78 is 17.2. The fourth-order valence-electron chi connectivity index (χ4n) is 2.05. The molecule has 2 aliphatic heterocycles. The van der Waals surface area contributed by atoms with E-state index in [9.17, 15) is 0 Å². The molecule has 2 rings (SSSR count). The first kappa shape index (κ1) is 12.7. The third kappa shape index (κ3) is 2.95. The van der Waals surface area contributed by atoms with Gasteiger partial charge in [0.15, 0.2) is 0 Å². The molecule has 1 atom stereocenters. The van der Waals surface area contributed by atoms with Gasteiger partial charge in [-0.2, -0.15) is 0 Å². The van der Waals surface area contributed by atoms with Crippen molar-refractivity contribution in [3.05, 3.63) is 11.5 Å². The van der Waals surface area contributed by atoms with Gasteiger partial charge in [0.2, 0.25) is 0 Å². The molecule has 0 saturated carbocycles. The van der Waals surface area contributed by atoms with E-state index < -0.39 is 0 Å². The predicted octanol–water partition coefficient (Wildman–Crippen LogP) is 3.11. The van der Waals surface area contributed by atoms with E-state index >= 15 is 0 Å². The van der Waals surface area contributed by atoms with Crippen LogP contribution in [0.25, 0.3) is 0 Å². The summed E-state index contributed by atoms with van der Waals surface area (Å²) in [6, 6.07) is 0. The van der Waals surface area contributed by atoms with E-state index in [1.54, 1.807) is 0 Å². The van der Waals surface area contributed by atoms with Crippen LogP contribution in [-0.4, -0.2) is 25.9 Å². The minimum atomic E-state index is 0.118. The lowest BCUT2D eigenvalue weighted by Gasteiger charge is -2.32. The molecule has 0 bridgehead atoms. The minimum Gasteiger partial charge on any atom is -0.465 e. The lowest BCUT2D eigenvalue weighted by atomic mass is 9.87. The zero-order valence-electron chi connectivity index (χ0n) is 11.6. The van der Waals surface area contributed by atoms with Crippen LogP contribution < -0.4 is 0 Å². The van der Waals surface area contributed by atoms with Crippen molar-refractivity contribution in [1.29, 1.82) is 0 Å². The van der Waals surface area contributed by atoms with Crippen molar-refractivity contribution < 1.29 is 14.2 Å². The molecular weight excluding hydrogens is 216 g/mol. The predicted molar refractivity (Wildman–Crippen MR) is 66.5 cm³/mol. The van der Waals surface area contributed by atoms with Gasteiger partial charge in [0.25, 0.3) is 5.95 Å². The Hall–Kier alpha value is -0.700. The molecule has 0 spiro atoms. The molecule has 0 amide bonds. The first-order chi connectivity index (χ1) is 7.78. The van der Waals surface area contributed by atoms with E-state index in [0.717, 1.165) is 25.6 Å². The quantitative estimate of drug-likeness (QED) is 0.651. The topological polar surface area (TPSA) is 27.7 Å². The van der Waals surface area contributed by atoms with Gasteiger partial charge in [0.05, 0.1) is 25.9 Å². The SMILES string of the molecule is CC1(C)COC(=C2COC(C(C)(C)C)C2)OC1.